The van der Waals surface area contributed by atoms with Crippen LogP contribution in [0.2, 0.25) is 0 Å². The zero-order valence-electron chi connectivity index (χ0n) is 16.9. The molecule has 148 valence electrons. The van der Waals surface area contributed by atoms with Gasteiger partial charge in [0.05, 0.1) is 17.3 Å². The van der Waals surface area contributed by atoms with Gasteiger partial charge in [0.15, 0.2) is 0 Å². The highest BCUT2D eigenvalue weighted by Crippen LogP contribution is 2.23. The second-order valence-corrected chi connectivity index (χ2v) is 8.06. The van der Waals surface area contributed by atoms with Gasteiger partial charge in [-0.3, -0.25) is 4.98 Å². The molecule has 0 saturated heterocycles. The number of hydrogen-bond acceptors (Lipinski definition) is 5. The molecule has 0 atom stereocenters. The van der Waals surface area contributed by atoms with Gasteiger partial charge in [0.25, 0.3) is 0 Å². The molecule has 0 amide bonds. The van der Waals surface area contributed by atoms with Crippen molar-refractivity contribution in [3.63, 3.8) is 0 Å². The number of thiazole rings is 1. The molecule has 0 radical (unpaired) electrons. The third kappa shape index (κ3) is 6.41. The first-order valence-electron chi connectivity index (χ1n) is 10.2. The summed E-state index contributed by atoms with van der Waals surface area (Å²) in [5.41, 5.74) is 4.21. The molecule has 3 rings (SSSR count). The van der Waals surface area contributed by atoms with Crippen molar-refractivity contribution >= 4 is 11.3 Å². The van der Waals surface area contributed by atoms with E-state index < -0.39 is 0 Å². The van der Waals surface area contributed by atoms with Crippen molar-refractivity contribution in [1.82, 2.24) is 15.0 Å². The second kappa shape index (κ2) is 10.9. The number of pyridine rings is 2. The van der Waals surface area contributed by atoms with Gasteiger partial charge in [0.2, 0.25) is 5.88 Å². The Hall–Kier alpha value is -2.27. The summed E-state index contributed by atoms with van der Waals surface area (Å²) in [5.74, 6) is 0.711. The number of nitrogens with zero attached hydrogens (tertiary/aromatic N) is 3. The van der Waals surface area contributed by atoms with Crippen molar-refractivity contribution < 1.29 is 4.74 Å². The number of rotatable bonds is 11. The molecular formula is C23H29N3OS. The summed E-state index contributed by atoms with van der Waals surface area (Å²) in [5, 5.41) is 3.17. The Bertz CT molecular complexity index is 828. The van der Waals surface area contributed by atoms with Crippen LogP contribution in [-0.4, -0.2) is 21.6 Å². The van der Waals surface area contributed by atoms with Crippen LogP contribution in [0.15, 0.2) is 42.0 Å². The van der Waals surface area contributed by atoms with Crippen LogP contribution in [0.5, 0.6) is 5.88 Å². The van der Waals surface area contributed by atoms with Gasteiger partial charge in [-0.1, -0.05) is 45.1 Å². The van der Waals surface area contributed by atoms with Gasteiger partial charge in [-0.15, -0.1) is 11.3 Å². The van der Waals surface area contributed by atoms with Crippen LogP contribution in [0.4, 0.5) is 0 Å². The molecule has 3 aromatic heterocycles. The number of hydrogen-bond donors (Lipinski definition) is 0. The van der Waals surface area contributed by atoms with Crippen LogP contribution in [0.1, 0.15) is 61.7 Å². The lowest BCUT2D eigenvalue weighted by Crippen LogP contribution is -1.99. The van der Waals surface area contributed by atoms with Gasteiger partial charge in [-0.05, 0) is 31.0 Å². The van der Waals surface area contributed by atoms with E-state index >= 15 is 0 Å². The summed E-state index contributed by atoms with van der Waals surface area (Å²) < 4.78 is 5.76. The largest absolute Gasteiger partial charge is 0.478 e. The van der Waals surface area contributed by atoms with E-state index in [9.17, 15) is 0 Å². The Morgan fingerprint density at radius 2 is 1.79 bits per heavy atom. The Balaban J connectivity index is 1.45. The highest BCUT2D eigenvalue weighted by Gasteiger charge is 2.07. The minimum atomic E-state index is 0.711. The zero-order chi connectivity index (χ0) is 19.6. The highest BCUT2D eigenvalue weighted by molar-refractivity contribution is 7.10. The SMILES string of the molecule is CCCCCCCCOc1ccc(Cc2nc(-c3ccc(C)nc3)cs2)cn1. The number of unbranched alkanes of at least 4 members (excludes halogenated alkanes) is 5. The predicted octanol–water partition coefficient (Wildman–Crippen LogP) is 6.24. The van der Waals surface area contributed by atoms with Gasteiger partial charge in [-0.2, -0.15) is 0 Å². The Kier molecular flexibility index (Phi) is 7.97. The van der Waals surface area contributed by atoms with Crippen molar-refractivity contribution in [2.24, 2.45) is 0 Å². The quantitative estimate of drug-likeness (QED) is 0.361. The molecular weight excluding hydrogens is 366 g/mol. The minimum Gasteiger partial charge on any atom is -0.478 e. The van der Waals surface area contributed by atoms with E-state index in [-0.39, 0.29) is 0 Å². The lowest BCUT2D eigenvalue weighted by atomic mass is 10.1. The molecule has 0 aliphatic rings. The lowest BCUT2D eigenvalue weighted by Gasteiger charge is -2.06. The average molecular weight is 396 g/mol. The van der Waals surface area contributed by atoms with Crippen molar-refractivity contribution in [2.75, 3.05) is 6.61 Å². The summed E-state index contributed by atoms with van der Waals surface area (Å²) in [6, 6.07) is 8.13. The maximum Gasteiger partial charge on any atom is 0.213 e. The number of ether oxygens (including phenoxy) is 1. The summed E-state index contributed by atoms with van der Waals surface area (Å²) in [7, 11) is 0. The smallest absolute Gasteiger partial charge is 0.213 e. The highest BCUT2D eigenvalue weighted by atomic mass is 32.1. The van der Waals surface area contributed by atoms with Gasteiger partial charge in [-0.25, -0.2) is 9.97 Å². The number of aryl methyl sites for hydroxylation is 1. The predicted molar refractivity (Wildman–Crippen MR) is 116 cm³/mol. The molecule has 0 aromatic carbocycles. The second-order valence-electron chi connectivity index (χ2n) is 7.11. The van der Waals surface area contributed by atoms with E-state index in [1.165, 1.54) is 32.1 Å². The molecule has 0 fully saturated rings. The first-order chi connectivity index (χ1) is 13.7. The van der Waals surface area contributed by atoms with Crippen LogP contribution in [0.3, 0.4) is 0 Å². The standard InChI is InChI=1S/C23H29N3OS/c1-3-4-5-6-7-8-13-27-22-12-10-19(15-25-22)14-23-26-21(17-28-23)20-11-9-18(2)24-16-20/h9-12,15-17H,3-8,13-14H2,1-2H3. The molecule has 0 unspecified atom stereocenters. The summed E-state index contributed by atoms with van der Waals surface area (Å²) in [6.07, 6.45) is 12.2. The van der Waals surface area contributed by atoms with Crippen molar-refractivity contribution in [3.05, 3.63) is 58.3 Å². The topological polar surface area (TPSA) is 47.9 Å². The zero-order valence-corrected chi connectivity index (χ0v) is 17.7. The maximum atomic E-state index is 5.76. The van der Waals surface area contributed by atoms with Crippen LogP contribution in [0.25, 0.3) is 11.3 Å². The normalized spacial score (nSPS) is 10.9. The molecule has 4 nitrogen and oxygen atoms in total. The molecule has 28 heavy (non-hydrogen) atoms. The van der Waals surface area contributed by atoms with Gasteiger partial charge < -0.3 is 4.74 Å². The molecule has 0 saturated carbocycles. The maximum absolute atomic E-state index is 5.76. The minimum absolute atomic E-state index is 0.711. The summed E-state index contributed by atoms with van der Waals surface area (Å²) in [6.45, 7) is 4.98. The number of aromatic nitrogens is 3. The van der Waals surface area contributed by atoms with Crippen molar-refractivity contribution in [2.45, 2.75) is 58.8 Å². The van der Waals surface area contributed by atoms with E-state index in [1.54, 1.807) is 11.3 Å². The van der Waals surface area contributed by atoms with E-state index in [2.05, 4.69) is 34.4 Å². The fourth-order valence-corrected chi connectivity index (χ4v) is 3.82. The van der Waals surface area contributed by atoms with E-state index in [0.29, 0.717) is 5.88 Å². The first-order valence-corrected chi connectivity index (χ1v) is 11.1. The van der Waals surface area contributed by atoms with Crippen molar-refractivity contribution in [1.29, 1.82) is 0 Å². The molecule has 0 bridgehead atoms. The third-order valence-corrected chi connectivity index (χ3v) is 5.51. The Labute approximate surface area is 172 Å². The molecule has 0 aliphatic carbocycles. The average Bonchev–Trinajstić information content (AvgIpc) is 3.17. The fourth-order valence-electron chi connectivity index (χ4n) is 2.98. The van der Waals surface area contributed by atoms with Gasteiger partial charge in [0.1, 0.15) is 0 Å². The molecule has 3 aromatic rings. The van der Waals surface area contributed by atoms with Crippen LogP contribution in [-0.2, 0) is 6.42 Å². The molecule has 0 spiro atoms. The van der Waals surface area contributed by atoms with Crippen LogP contribution >= 0.6 is 11.3 Å². The van der Waals surface area contributed by atoms with Crippen molar-refractivity contribution in [3.8, 4) is 17.1 Å². The summed E-state index contributed by atoms with van der Waals surface area (Å²) in [4.78, 5) is 13.5. The Morgan fingerprint density at radius 3 is 2.54 bits per heavy atom. The van der Waals surface area contributed by atoms with E-state index in [1.807, 2.05) is 31.5 Å². The van der Waals surface area contributed by atoms with Gasteiger partial charge in [0, 0.05) is 41.5 Å². The lowest BCUT2D eigenvalue weighted by molar-refractivity contribution is 0.293. The molecule has 0 N–H and O–H groups in total. The van der Waals surface area contributed by atoms with Crippen LogP contribution < -0.4 is 4.74 Å². The van der Waals surface area contributed by atoms with Gasteiger partial charge >= 0.3 is 0 Å². The molecule has 5 heteroatoms. The summed E-state index contributed by atoms with van der Waals surface area (Å²) >= 11 is 1.67. The third-order valence-electron chi connectivity index (χ3n) is 4.66. The monoisotopic (exact) mass is 395 g/mol. The molecule has 3 heterocycles. The molecule has 0 aliphatic heterocycles. The van der Waals surface area contributed by atoms with Crippen LogP contribution in [0, 0.1) is 6.92 Å². The van der Waals surface area contributed by atoms with E-state index in [0.717, 1.165) is 47.0 Å². The Morgan fingerprint density at radius 1 is 0.929 bits per heavy atom. The fraction of sp³-hybridized carbons (Fsp3) is 0.435. The van der Waals surface area contributed by atoms with E-state index in [4.69, 9.17) is 9.72 Å². The first kappa shape index (κ1) is 20.5.